The summed E-state index contributed by atoms with van der Waals surface area (Å²) in [6.45, 7) is -3.03. The Labute approximate surface area is 123 Å². The van der Waals surface area contributed by atoms with Gasteiger partial charge in [0.05, 0.1) is 12.7 Å². The van der Waals surface area contributed by atoms with Gasteiger partial charge in [-0.3, -0.25) is 9.69 Å². The monoisotopic (exact) mass is 314 g/mol. The molecule has 0 aliphatic heterocycles. The molecule has 0 aliphatic carbocycles. The quantitative estimate of drug-likeness (QED) is 0.851. The summed E-state index contributed by atoms with van der Waals surface area (Å²) < 4.78 is 34.3. The van der Waals surface area contributed by atoms with Gasteiger partial charge in [-0.15, -0.1) is 11.3 Å². The fourth-order valence-electron chi connectivity index (χ4n) is 1.65. The maximum Gasteiger partial charge on any atom is 0.387 e. The summed E-state index contributed by atoms with van der Waals surface area (Å²) in [5.41, 5.74) is 0.00815. The average Bonchev–Trinajstić information content (AvgIpc) is 2.99. The van der Waals surface area contributed by atoms with Crippen molar-refractivity contribution in [2.45, 2.75) is 6.61 Å². The molecule has 5 nitrogen and oxygen atoms in total. The van der Waals surface area contributed by atoms with Gasteiger partial charge in [-0.05, 0) is 12.1 Å². The van der Waals surface area contributed by atoms with E-state index in [4.69, 9.17) is 4.74 Å². The third kappa shape index (κ3) is 3.46. The Bertz CT molecular complexity index is 620. The van der Waals surface area contributed by atoms with Crippen molar-refractivity contribution in [1.82, 2.24) is 4.98 Å². The van der Waals surface area contributed by atoms with Crippen molar-refractivity contribution in [2.75, 3.05) is 19.1 Å². The van der Waals surface area contributed by atoms with Crippen LogP contribution < -0.4 is 14.4 Å². The van der Waals surface area contributed by atoms with Gasteiger partial charge in [0.2, 0.25) is 0 Å². The SMILES string of the molecule is COc1ccc(C(=O)N(C)c2nccs2)c(OC(F)F)c1. The summed E-state index contributed by atoms with van der Waals surface area (Å²) in [6.07, 6.45) is 1.55. The molecule has 0 spiro atoms. The molecule has 1 aromatic carbocycles. The van der Waals surface area contributed by atoms with E-state index in [-0.39, 0.29) is 11.3 Å². The second-order valence-corrected chi connectivity index (χ2v) is 4.79. The largest absolute Gasteiger partial charge is 0.497 e. The third-order valence-electron chi connectivity index (χ3n) is 2.65. The minimum absolute atomic E-state index is 0.00815. The van der Waals surface area contributed by atoms with Gasteiger partial charge in [-0.2, -0.15) is 8.78 Å². The Kier molecular flexibility index (Phi) is 4.69. The highest BCUT2D eigenvalue weighted by Crippen LogP contribution is 2.29. The third-order valence-corrected chi connectivity index (χ3v) is 3.49. The number of benzene rings is 1. The van der Waals surface area contributed by atoms with Crippen molar-refractivity contribution < 1.29 is 23.0 Å². The van der Waals surface area contributed by atoms with Crippen LogP contribution in [-0.4, -0.2) is 31.7 Å². The number of hydrogen-bond acceptors (Lipinski definition) is 5. The highest BCUT2D eigenvalue weighted by molar-refractivity contribution is 7.13. The van der Waals surface area contributed by atoms with Gasteiger partial charge < -0.3 is 9.47 Å². The summed E-state index contributed by atoms with van der Waals surface area (Å²) in [6, 6.07) is 4.12. The van der Waals surface area contributed by atoms with Gasteiger partial charge in [0.15, 0.2) is 5.13 Å². The van der Waals surface area contributed by atoms with E-state index in [1.54, 1.807) is 11.6 Å². The van der Waals surface area contributed by atoms with Gasteiger partial charge in [-0.25, -0.2) is 4.98 Å². The second kappa shape index (κ2) is 6.49. The predicted octanol–water partition coefficient (Wildman–Crippen LogP) is 3.03. The molecule has 0 radical (unpaired) electrons. The van der Waals surface area contributed by atoms with E-state index >= 15 is 0 Å². The standard InChI is InChI=1S/C13H12F2N2O3S/c1-17(13-16-5-6-21-13)11(18)9-4-3-8(19-2)7-10(9)20-12(14)15/h3-7,12H,1-2H3. The van der Waals surface area contributed by atoms with E-state index in [2.05, 4.69) is 9.72 Å². The normalized spacial score (nSPS) is 10.5. The summed E-state index contributed by atoms with van der Waals surface area (Å²) in [7, 11) is 2.90. The van der Waals surface area contributed by atoms with E-state index in [1.807, 2.05) is 0 Å². The lowest BCUT2D eigenvalue weighted by Gasteiger charge is -2.17. The number of carbonyl (C=O) groups excluding carboxylic acids is 1. The predicted molar refractivity (Wildman–Crippen MR) is 74.5 cm³/mol. The first-order chi connectivity index (χ1) is 10.0. The molecule has 8 heteroatoms. The molecule has 0 fully saturated rings. The number of rotatable bonds is 5. The maximum absolute atomic E-state index is 12.5. The Morgan fingerprint density at radius 1 is 1.43 bits per heavy atom. The molecular formula is C13H12F2N2O3S. The van der Waals surface area contributed by atoms with Crippen LogP contribution >= 0.6 is 11.3 Å². The molecule has 0 N–H and O–H groups in total. The molecule has 0 aliphatic rings. The minimum atomic E-state index is -3.03. The molecule has 112 valence electrons. The highest BCUT2D eigenvalue weighted by atomic mass is 32.1. The smallest absolute Gasteiger partial charge is 0.387 e. The van der Waals surface area contributed by atoms with Crippen molar-refractivity contribution in [3.05, 3.63) is 35.3 Å². The molecule has 1 heterocycles. The van der Waals surface area contributed by atoms with E-state index < -0.39 is 12.5 Å². The molecule has 0 unspecified atom stereocenters. The molecule has 0 saturated heterocycles. The lowest BCUT2D eigenvalue weighted by Crippen LogP contribution is -2.26. The lowest BCUT2D eigenvalue weighted by atomic mass is 10.1. The zero-order valence-electron chi connectivity index (χ0n) is 11.2. The zero-order chi connectivity index (χ0) is 15.4. The topological polar surface area (TPSA) is 51.7 Å². The lowest BCUT2D eigenvalue weighted by molar-refractivity contribution is -0.0502. The van der Waals surface area contributed by atoms with Crippen LogP contribution in [0, 0.1) is 0 Å². The van der Waals surface area contributed by atoms with Crippen LogP contribution in [0.4, 0.5) is 13.9 Å². The molecule has 1 aromatic heterocycles. The van der Waals surface area contributed by atoms with Crippen molar-refractivity contribution in [1.29, 1.82) is 0 Å². The first kappa shape index (κ1) is 15.2. The van der Waals surface area contributed by atoms with Crippen LogP contribution in [0.15, 0.2) is 29.8 Å². The molecule has 0 atom stereocenters. The molecule has 0 saturated carbocycles. The van der Waals surface area contributed by atoms with E-state index in [0.29, 0.717) is 10.9 Å². The van der Waals surface area contributed by atoms with Crippen LogP contribution in [0.1, 0.15) is 10.4 Å². The van der Waals surface area contributed by atoms with Gasteiger partial charge >= 0.3 is 6.61 Å². The van der Waals surface area contributed by atoms with Crippen LogP contribution in [0.3, 0.4) is 0 Å². The Morgan fingerprint density at radius 2 is 2.19 bits per heavy atom. The van der Waals surface area contributed by atoms with Gasteiger partial charge in [0, 0.05) is 24.7 Å². The average molecular weight is 314 g/mol. The highest BCUT2D eigenvalue weighted by Gasteiger charge is 2.22. The number of thiazole rings is 1. The summed E-state index contributed by atoms with van der Waals surface area (Å²) in [4.78, 5) is 17.6. The van der Waals surface area contributed by atoms with Crippen LogP contribution in [-0.2, 0) is 0 Å². The summed E-state index contributed by atoms with van der Waals surface area (Å²) >= 11 is 1.26. The van der Waals surface area contributed by atoms with E-state index in [1.165, 1.54) is 48.6 Å². The summed E-state index contributed by atoms with van der Waals surface area (Å²) in [5, 5.41) is 2.17. The number of amides is 1. The molecule has 0 bridgehead atoms. The fraction of sp³-hybridized carbons (Fsp3) is 0.231. The van der Waals surface area contributed by atoms with Crippen molar-refractivity contribution >= 4 is 22.4 Å². The number of hydrogen-bond donors (Lipinski definition) is 0. The van der Waals surface area contributed by atoms with Crippen LogP contribution in [0.2, 0.25) is 0 Å². The van der Waals surface area contributed by atoms with Gasteiger partial charge in [-0.1, -0.05) is 0 Å². The van der Waals surface area contributed by atoms with E-state index in [9.17, 15) is 13.6 Å². The summed E-state index contributed by atoms with van der Waals surface area (Å²) in [5.74, 6) is -0.417. The minimum Gasteiger partial charge on any atom is -0.497 e. The Morgan fingerprint density at radius 3 is 2.76 bits per heavy atom. The number of aromatic nitrogens is 1. The van der Waals surface area contributed by atoms with Crippen molar-refractivity contribution in [3.63, 3.8) is 0 Å². The fourth-order valence-corrected chi connectivity index (χ4v) is 2.26. The van der Waals surface area contributed by atoms with Crippen LogP contribution in [0.5, 0.6) is 11.5 Å². The maximum atomic E-state index is 12.5. The van der Waals surface area contributed by atoms with E-state index in [0.717, 1.165) is 0 Å². The molecule has 2 rings (SSSR count). The second-order valence-electron chi connectivity index (χ2n) is 3.92. The molecule has 1 amide bonds. The van der Waals surface area contributed by atoms with Gasteiger partial charge in [0.1, 0.15) is 11.5 Å². The number of anilines is 1. The van der Waals surface area contributed by atoms with Crippen LogP contribution in [0.25, 0.3) is 0 Å². The van der Waals surface area contributed by atoms with Crippen molar-refractivity contribution in [2.24, 2.45) is 0 Å². The molecular weight excluding hydrogens is 302 g/mol. The number of methoxy groups -OCH3 is 1. The number of carbonyl (C=O) groups is 1. The zero-order valence-corrected chi connectivity index (χ0v) is 12.1. The Hall–Kier alpha value is -2.22. The number of halogens is 2. The number of alkyl halides is 2. The first-order valence-corrected chi connectivity index (χ1v) is 6.71. The van der Waals surface area contributed by atoms with Gasteiger partial charge in [0.25, 0.3) is 5.91 Å². The molecule has 2 aromatic rings. The Balaban J connectivity index is 2.35. The molecule has 21 heavy (non-hydrogen) atoms. The first-order valence-electron chi connectivity index (χ1n) is 5.83. The number of ether oxygens (including phenoxy) is 2. The number of nitrogens with zero attached hydrogens (tertiary/aromatic N) is 2. The van der Waals surface area contributed by atoms with Crippen molar-refractivity contribution in [3.8, 4) is 11.5 Å².